The van der Waals surface area contributed by atoms with E-state index in [0.29, 0.717) is 16.7 Å². The molecule has 2 heteroatoms. The molecule has 1 saturated carbocycles. The van der Waals surface area contributed by atoms with Gasteiger partial charge < -0.3 is 5.32 Å². The van der Waals surface area contributed by atoms with Gasteiger partial charge in [0.15, 0.2) is 0 Å². The van der Waals surface area contributed by atoms with Crippen LogP contribution in [0.1, 0.15) is 57.4 Å². The van der Waals surface area contributed by atoms with Gasteiger partial charge in [-0.15, -0.1) is 0 Å². The molecule has 0 bridgehead atoms. The number of piperidine rings is 1. The van der Waals surface area contributed by atoms with Crippen molar-refractivity contribution in [3.8, 4) is 0 Å². The molecule has 0 radical (unpaired) electrons. The van der Waals surface area contributed by atoms with Crippen LogP contribution in [0.5, 0.6) is 0 Å². The normalized spacial score (nSPS) is 28.4. The van der Waals surface area contributed by atoms with Crippen LogP contribution >= 0.6 is 15.9 Å². The maximum Gasteiger partial charge on any atom is 0.0210 e. The fourth-order valence-electron chi connectivity index (χ4n) is 4.20. The average molecular weight is 336 g/mol. The van der Waals surface area contributed by atoms with Gasteiger partial charge in [-0.2, -0.15) is 0 Å². The van der Waals surface area contributed by atoms with E-state index in [0.717, 1.165) is 6.54 Å². The van der Waals surface area contributed by atoms with Crippen LogP contribution in [0, 0.1) is 10.8 Å². The minimum absolute atomic E-state index is 0.532. The fraction of sp³-hybridized carbons (Fsp3) is 0.667. The summed E-state index contributed by atoms with van der Waals surface area (Å²) in [5, 5.41) is 3.63. The minimum Gasteiger partial charge on any atom is -0.316 e. The first-order chi connectivity index (χ1) is 9.53. The van der Waals surface area contributed by atoms with Crippen LogP contribution in [0.2, 0.25) is 0 Å². The maximum atomic E-state index is 3.78. The summed E-state index contributed by atoms with van der Waals surface area (Å²) < 4.78 is 1.29. The summed E-state index contributed by atoms with van der Waals surface area (Å²) in [4.78, 5) is 0. The number of hydrogen-bond donors (Lipinski definition) is 1. The first-order valence-electron chi connectivity index (χ1n) is 7.98. The molecular weight excluding hydrogens is 310 g/mol. The second-order valence-electron chi connectivity index (χ2n) is 7.55. The van der Waals surface area contributed by atoms with Crippen LogP contribution < -0.4 is 5.32 Å². The fourth-order valence-corrected chi connectivity index (χ4v) is 4.76. The van der Waals surface area contributed by atoms with Gasteiger partial charge in [-0.25, -0.2) is 0 Å². The van der Waals surface area contributed by atoms with Crippen LogP contribution in [-0.4, -0.2) is 13.1 Å². The monoisotopic (exact) mass is 335 g/mol. The Hall–Kier alpha value is -0.340. The molecule has 1 saturated heterocycles. The SMILES string of the molecule is CC1(C)CCC2(CCNCC2c2ccccc2Br)CC1. The van der Waals surface area contributed by atoms with E-state index in [4.69, 9.17) is 0 Å². The van der Waals surface area contributed by atoms with Crippen molar-refractivity contribution >= 4 is 15.9 Å². The number of halogens is 1. The summed E-state index contributed by atoms with van der Waals surface area (Å²) in [5.74, 6) is 0.669. The van der Waals surface area contributed by atoms with Gasteiger partial charge in [0.05, 0.1) is 0 Å². The molecule has 1 aromatic rings. The molecule has 1 aliphatic heterocycles. The quantitative estimate of drug-likeness (QED) is 0.751. The van der Waals surface area contributed by atoms with Crippen molar-refractivity contribution in [3.63, 3.8) is 0 Å². The lowest BCUT2D eigenvalue weighted by atomic mass is 9.56. The van der Waals surface area contributed by atoms with Gasteiger partial charge in [0.25, 0.3) is 0 Å². The Kier molecular flexibility index (Phi) is 3.98. The zero-order chi connectivity index (χ0) is 14.2. The zero-order valence-electron chi connectivity index (χ0n) is 12.7. The molecule has 1 aromatic carbocycles. The van der Waals surface area contributed by atoms with E-state index in [-0.39, 0.29) is 0 Å². The van der Waals surface area contributed by atoms with Crippen molar-refractivity contribution < 1.29 is 0 Å². The molecule has 3 rings (SSSR count). The number of benzene rings is 1. The van der Waals surface area contributed by atoms with Crippen LogP contribution in [0.3, 0.4) is 0 Å². The van der Waals surface area contributed by atoms with Crippen molar-refractivity contribution in [2.24, 2.45) is 10.8 Å². The summed E-state index contributed by atoms with van der Waals surface area (Å²) in [6.07, 6.45) is 6.90. The smallest absolute Gasteiger partial charge is 0.0210 e. The topological polar surface area (TPSA) is 12.0 Å². The standard InChI is InChI=1S/C18H26BrN/c1-17(2)7-9-18(10-8-17)11-12-20-13-15(18)14-5-3-4-6-16(14)19/h3-6,15,20H,7-13H2,1-2H3. The Morgan fingerprint density at radius 1 is 1.05 bits per heavy atom. The van der Waals surface area contributed by atoms with E-state index in [1.165, 1.54) is 48.7 Å². The van der Waals surface area contributed by atoms with Gasteiger partial charge in [-0.1, -0.05) is 48.0 Å². The van der Waals surface area contributed by atoms with Crippen molar-refractivity contribution in [2.45, 2.75) is 51.9 Å². The van der Waals surface area contributed by atoms with Crippen LogP contribution in [0.4, 0.5) is 0 Å². The Bertz CT molecular complexity index is 470. The molecule has 1 N–H and O–H groups in total. The molecule has 0 amide bonds. The first-order valence-corrected chi connectivity index (χ1v) is 8.77. The molecule has 1 nitrogen and oxygen atoms in total. The molecule has 1 atom stereocenters. The molecule has 110 valence electrons. The molecule has 20 heavy (non-hydrogen) atoms. The molecule has 1 unspecified atom stereocenters. The van der Waals surface area contributed by atoms with Crippen molar-refractivity contribution in [3.05, 3.63) is 34.3 Å². The third-order valence-corrected chi connectivity index (χ3v) is 6.49. The third kappa shape index (κ3) is 2.69. The Labute approximate surface area is 131 Å². The summed E-state index contributed by atoms with van der Waals surface area (Å²) in [6, 6.07) is 8.84. The molecule has 1 spiro atoms. The highest BCUT2D eigenvalue weighted by Gasteiger charge is 2.45. The van der Waals surface area contributed by atoms with Crippen molar-refractivity contribution in [2.75, 3.05) is 13.1 Å². The molecule has 1 heterocycles. The lowest BCUT2D eigenvalue weighted by molar-refractivity contribution is 0.0496. The molecule has 0 aromatic heterocycles. The zero-order valence-corrected chi connectivity index (χ0v) is 14.3. The van der Waals surface area contributed by atoms with Gasteiger partial charge >= 0.3 is 0 Å². The van der Waals surface area contributed by atoms with E-state index in [1.807, 2.05) is 0 Å². The van der Waals surface area contributed by atoms with E-state index >= 15 is 0 Å². The summed E-state index contributed by atoms with van der Waals surface area (Å²) >= 11 is 3.78. The number of hydrogen-bond acceptors (Lipinski definition) is 1. The molecule has 2 fully saturated rings. The van der Waals surface area contributed by atoms with Crippen LogP contribution in [0.15, 0.2) is 28.7 Å². The summed E-state index contributed by atoms with van der Waals surface area (Å²) in [6.45, 7) is 7.22. The van der Waals surface area contributed by atoms with Crippen LogP contribution in [-0.2, 0) is 0 Å². The Morgan fingerprint density at radius 3 is 2.45 bits per heavy atom. The van der Waals surface area contributed by atoms with Gasteiger partial charge in [-0.3, -0.25) is 0 Å². The predicted molar refractivity (Wildman–Crippen MR) is 89.1 cm³/mol. The highest BCUT2D eigenvalue weighted by atomic mass is 79.9. The second kappa shape index (κ2) is 5.46. The third-order valence-electron chi connectivity index (χ3n) is 5.77. The number of nitrogens with one attached hydrogen (secondary N) is 1. The first kappa shape index (κ1) is 14.6. The van der Waals surface area contributed by atoms with E-state index < -0.39 is 0 Å². The average Bonchev–Trinajstić information content (AvgIpc) is 2.44. The van der Waals surface area contributed by atoms with E-state index in [2.05, 4.69) is 59.4 Å². The van der Waals surface area contributed by atoms with Crippen molar-refractivity contribution in [1.82, 2.24) is 5.32 Å². The van der Waals surface area contributed by atoms with Crippen LogP contribution in [0.25, 0.3) is 0 Å². The van der Waals surface area contributed by atoms with Crippen molar-refractivity contribution in [1.29, 1.82) is 0 Å². The highest BCUT2D eigenvalue weighted by Crippen LogP contribution is 2.55. The maximum absolute atomic E-state index is 3.78. The Balaban J connectivity index is 1.90. The lowest BCUT2D eigenvalue weighted by Gasteiger charge is -2.51. The van der Waals surface area contributed by atoms with Gasteiger partial charge in [-0.05, 0) is 61.1 Å². The molecule has 2 aliphatic rings. The summed E-state index contributed by atoms with van der Waals surface area (Å²) in [7, 11) is 0. The molecular formula is C18H26BrN. The summed E-state index contributed by atoms with van der Waals surface area (Å²) in [5.41, 5.74) is 2.60. The molecule has 1 aliphatic carbocycles. The van der Waals surface area contributed by atoms with Gasteiger partial charge in [0.2, 0.25) is 0 Å². The Morgan fingerprint density at radius 2 is 1.75 bits per heavy atom. The number of rotatable bonds is 1. The minimum atomic E-state index is 0.532. The van der Waals surface area contributed by atoms with Gasteiger partial charge in [0, 0.05) is 16.9 Å². The highest BCUT2D eigenvalue weighted by molar-refractivity contribution is 9.10. The second-order valence-corrected chi connectivity index (χ2v) is 8.41. The van der Waals surface area contributed by atoms with E-state index in [1.54, 1.807) is 0 Å². The van der Waals surface area contributed by atoms with E-state index in [9.17, 15) is 0 Å². The largest absolute Gasteiger partial charge is 0.316 e. The predicted octanol–water partition coefficient (Wildman–Crippen LogP) is 5.11. The van der Waals surface area contributed by atoms with Gasteiger partial charge in [0.1, 0.15) is 0 Å². The lowest BCUT2D eigenvalue weighted by Crippen LogP contribution is -2.46.